The summed E-state index contributed by atoms with van der Waals surface area (Å²) in [6.07, 6.45) is 1.60. The lowest BCUT2D eigenvalue weighted by Crippen LogP contribution is -2.26. The summed E-state index contributed by atoms with van der Waals surface area (Å²) in [6.45, 7) is 0. The summed E-state index contributed by atoms with van der Waals surface area (Å²) in [5.74, 6) is 6.86. The molecule has 154 valence electrons. The maximum atomic E-state index is 13.2. The molecule has 0 N–H and O–H groups in total. The second-order valence-corrected chi connectivity index (χ2v) is 8.80. The molecular weight excluding hydrogens is 408 g/mol. The number of anilines is 1. The third kappa shape index (κ3) is 4.23. The summed E-state index contributed by atoms with van der Waals surface area (Å²) in [4.78, 5) is 4.56. The predicted octanol–water partition coefficient (Wildman–Crippen LogP) is 4.47. The Bertz CT molecular complexity index is 1390. The van der Waals surface area contributed by atoms with Gasteiger partial charge in [0.1, 0.15) is 5.75 Å². The van der Waals surface area contributed by atoms with Gasteiger partial charge in [0.15, 0.2) is 0 Å². The van der Waals surface area contributed by atoms with Crippen molar-refractivity contribution in [3.8, 4) is 17.6 Å². The fourth-order valence-electron chi connectivity index (χ4n) is 3.19. The number of sulfonamides is 1. The molecule has 0 amide bonds. The van der Waals surface area contributed by atoms with E-state index < -0.39 is 10.0 Å². The van der Waals surface area contributed by atoms with E-state index in [9.17, 15) is 8.42 Å². The molecule has 3 aromatic carbocycles. The second kappa shape index (κ2) is 8.50. The maximum Gasteiger partial charge on any atom is 0.264 e. The van der Waals surface area contributed by atoms with Gasteiger partial charge in [0, 0.05) is 29.8 Å². The van der Waals surface area contributed by atoms with Crippen molar-refractivity contribution in [1.82, 2.24) is 4.98 Å². The summed E-state index contributed by atoms with van der Waals surface area (Å²) < 4.78 is 32.8. The van der Waals surface area contributed by atoms with Crippen molar-refractivity contribution < 1.29 is 13.2 Å². The van der Waals surface area contributed by atoms with Gasteiger partial charge in [-0.2, -0.15) is 0 Å². The molecular formula is C25H20N2O3S. The molecule has 0 aliphatic heterocycles. The van der Waals surface area contributed by atoms with E-state index in [0.717, 1.165) is 11.1 Å². The highest BCUT2D eigenvalue weighted by atomic mass is 32.2. The topological polar surface area (TPSA) is 59.5 Å². The van der Waals surface area contributed by atoms with Crippen LogP contribution in [-0.4, -0.2) is 27.6 Å². The fraction of sp³-hybridized carbons (Fsp3) is 0.0800. The SMILES string of the molecule is COc1ccc(S(=O)(=O)N(C)c2ccnc3ccc(C#Cc4ccccc4)cc23)cc1. The largest absolute Gasteiger partial charge is 0.497 e. The van der Waals surface area contributed by atoms with E-state index in [1.165, 1.54) is 30.6 Å². The number of nitrogens with zero attached hydrogens (tertiary/aromatic N) is 2. The first-order valence-corrected chi connectivity index (χ1v) is 11.0. The quantitative estimate of drug-likeness (QED) is 0.450. The third-order valence-corrected chi connectivity index (χ3v) is 6.69. The van der Waals surface area contributed by atoms with Gasteiger partial charge in [-0.25, -0.2) is 8.42 Å². The normalized spacial score (nSPS) is 10.9. The van der Waals surface area contributed by atoms with Crippen LogP contribution in [0.4, 0.5) is 5.69 Å². The summed E-state index contributed by atoms with van der Waals surface area (Å²) >= 11 is 0. The zero-order valence-corrected chi connectivity index (χ0v) is 17.9. The molecule has 1 aromatic heterocycles. The molecule has 4 aromatic rings. The summed E-state index contributed by atoms with van der Waals surface area (Å²) in [5, 5.41) is 0.710. The lowest BCUT2D eigenvalue weighted by atomic mass is 10.1. The van der Waals surface area contributed by atoms with Crippen molar-refractivity contribution in [2.24, 2.45) is 0 Å². The Morgan fingerprint density at radius 1 is 0.871 bits per heavy atom. The van der Waals surface area contributed by atoms with Crippen molar-refractivity contribution in [1.29, 1.82) is 0 Å². The molecule has 0 bridgehead atoms. The highest BCUT2D eigenvalue weighted by Gasteiger charge is 2.23. The molecule has 1 heterocycles. The van der Waals surface area contributed by atoms with Crippen LogP contribution in [0.3, 0.4) is 0 Å². The maximum absolute atomic E-state index is 13.2. The second-order valence-electron chi connectivity index (χ2n) is 6.83. The lowest BCUT2D eigenvalue weighted by molar-refractivity contribution is 0.414. The Kier molecular flexibility index (Phi) is 5.61. The van der Waals surface area contributed by atoms with Crippen LogP contribution in [0.15, 0.2) is 90.0 Å². The number of hydrogen-bond acceptors (Lipinski definition) is 4. The Balaban J connectivity index is 1.75. The van der Waals surface area contributed by atoms with Gasteiger partial charge in [-0.3, -0.25) is 9.29 Å². The first-order valence-electron chi connectivity index (χ1n) is 9.58. The van der Waals surface area contributed by atoms with E-state index in [4.69, 9.17) is 4.74 Å². The molecule has 6 heteroatoms. The fourth-order valence-corrected chi connectivity index (χ4v) is 4.40. The van der Waals surface area contributed by atoms with Crippen molar-refractivity contribution in [3.05, 3.63) is 96.2 Å². The van der Waals surface area contributed by atoms with Crippen LogP contribution in [0.1, 0.15) is 11.1 Å². The first kappa shape index (κ1) is 20.5. The van der Waals surface area contributed by atoms with E-state index in [1.807, 2.05) is 48.5 Å². The van der Waals surface area contributed by atoms with Gasteiger partial charge in [-0.05, 0) is 60.7 Å². The van der Waals surface area contributed by atoms with Gasteiger partial charge >= 0.3 is 0 Å². The molecule has 31 heavy (non-hydrogen) atoms. The van der Waals surface area contributed by atoms with Gasteiger partial charge in [0.2, 0.25) is 0 Å². The number of rotatable bonds is 4. The minimum absolute atomic E-state index is 0.181. The Hall–Kier alpha value is -3.82. The number of aromatic nitrogens is 1. The molecule has 0 aliphatic carbocycles. The molecule has 0 saturated heterocycles. The monoisotopic (exact) mass is 428 g/mol. The van der Waals surface area contributed by atoms with E-state index in [1.54, 1.807) is 24.4 Å². The van der Waals surface area contributed by atoms with Gasteiger partial charge in [-0.15, -0.1) is 0 Å². The van der Waals surface area contributed by atoms with Crippen molar-refractivity contribution in [2.45, 2.75) is 4.90 Å². The number of benzene rings is 3. The molecule has 0 fully saturated rings. The Labute approximate surface area is 182 Å². The number of pyridine rings is 1. The number of hydrogen-bond donors (Lipinski definition) is 0. The molecule has 0 aliphatic rings. The summed E-state index contributed by atoms with van der Waals surface area (Å²) in [6, 6.07) is 23.3. The van der Waals surface area contributed by atoms with E-state index in [0.29, 0.717) is 22.3 Å². The van der Waals surface area contributed by atoms with E-state index in [-0.39, 0.29) is 4.90 Å². The van der Waals surface area contributed by atoms with Crippen LogP contribution >= 0.6 is 0 Å². The van der Waals surface area contributed by atoms with E-state index >= 15 is 0 Å². The zero-order valence-electron chi connectivity index (χ0n) is 17.1. The van der Waals surface area contributed by atoms with Gasteiger partial charge in [-0.1, -0.05) is 30.0 Å². The zero-order chi connectivity index (χ0) is 21.8. The molecule has 0 spiro atoms. The molecule has 0 saturated carbocycles. The highest BCUT2D eigenvalue weighted by Crippen LogP contribution is 2.30. The minimum atomic E-state index is -3.76. The summed E-state index contributed by atoms with van der Waals surface area (Å²) in [5.41, 5.74) is 2.91. The van der Waals surface area contributed by atoms with Crippen LogP contribution < -0.4 is 9.04 Å². The van der Waals surface area contributed by atoms with Crippen LogP contribution in [0.2, 0.25) is 0 Å². The third-order valence-electron chi connectivity index (χ3n) is 4.90. The average molecular weight is 429 g/mol. The van der Waals surface area contributed by atoms with Crippen molar-refractivity contribution in [2.75, 3.05) is 18.5 Å². The lowest BCUT2D eigenvalue weighted by Gasteiger charge is -2.21. The molecule has 0 unspecified atom stereocenters. The van der Waals surface area contributed by atoms with Crippen molar-refractivity contribution in [3.63, 3.8) is 0 Å². The number of fused-ring (bicyclic) bond motifs is 1. The molecule has 4 rings (SSSR count). The number of ether oxygens (including phenoxy) is 1. The van der Waals surface area contributed by atoms with E-state index in [2.05, 4.69) is 16.8 Å². The Morgan fingerprint density at radius 2 is 1.58 bits per heavy atom. The standard InChI is InChI=1S/C25H20N2O3S/c1-27(31(28,29)22-13-11-21(30-2)12-14-22)25-16-17-26-24-15-10-20(18-23(24)25)9-8-19-6-4-3-5-7-19/h3-7,10-18H,1-2H3. The molecule has 0 atom stereocenters. The first-order chi connectivity index (χ1) is 15.0. The molecule has 5 nitrogen and oxygen atoms in total. The van der Waals surface area contributed by atoms with Crippen LogP contribution in [-0.2, 0) is 10.0 Å². The smallest absolute Gasteiger partial charge is 0.264 e. The van der Waals surface area contributed by atoms with Crippen molar-refractivity contribution >= 4 is 26.6 Å². The van der Waals surface area contributed by atoms with Crippen LogP contribution in [0.25, 0.3) is 10.9 Å². The Morgan fingerprint density at radius 3 is 2.29 bits per heavy atom. The van der Waals surface area contributed by atoms with Crippen LogP contribution in [0, 0.1) is 11.8 Å². The van der Waals surface area contributed by atoms with Gasteiger partial charge < -0.3 is 4.74 Å². The minimum Gasteiger partial charge on any atom is -0.497 e. The van der Waals surface area contributed by atoms with Gasteiger partial charge in [0.25, 0.3) is 10.0 Å². The number of methoxy groups -OCH3 is 1. The summed E-state index contributed by atoms with van der Waals surface area (Å²) in [7, 11) is -0.686. The van der Waals surface area contributed by atoms with Gasteiger partial charge in [0.05, 0.1) is 23.2 Å². The molecule has 0 radical (unpaired) electrons. The highest BCUT2D eigenvalue weighted by molar-refractivity contribution is 7.92. The van der Waals surface area contributed by atoms with Crippen LogP contribution in [0.5, 0.6) is 5.75 Å². The average Bonchev–Trinajstić information content (AvgIpc) is 2.82. The predicted molar refractivity (Wildman–Crippen MR) is 123 cm³/mol.